The molecule has 0 bridgehead atoms. The van der Waals surface area contributed by atoms with E-state index in [-0.39, 0.29) is 17.2 Å². The highest BCUT2D eigenvalue weighted by Gasteiger charge is 2.41. The SMILES string of the molecule is Cc1cc(C(=O)N2CCC3(CCC(=O)N(Cc4ccncc4)C3)CC2)nc(C)n1. The first-order valence-corrected chi connectivity index (χ1v) is 10.2. The van der Waals surface area contributed by atoms with Crippen molar-refractivity contribution in [3.8, 4) is 0 Å². The molecule has 0 saturated carbocycles. The molecule has 152 valence electrons. The lowest BCUT2D eigenvalue weighted by Gasteiger charge is -2.47. The predicted molar refractivity (Wildman–Crippen MR) is 108 cm³/mol. The van der Waals surface area contributed by atoms with Gasteiger partial charge < -0.3 is 9.80 Å². The number of amides is 2. The van der Waals surface area contributed by atoms with Crippen LogP contribution in [0.4, 0.5) is 0 Å². The minimum absolute atomic E-state index is 0.0195. The molecule has 2 amide bonds. The smallest absolute Gasteiger partial charge is 0.272 e. The summed E-state index contributed by atoms with van der Waals surface area (Å²) in [6.45, 7) is 6.50. The Bertz CT molecular complexity index is 886. The summed E-state index contributed by atoms with van der Waals surface area (Å²) in [6.07, 6.45) is 6.86. The summed E-state index contributed by atoms with van der Waals surface area (Å²) >= 11 is 0. The summed E-state index contributed by atoms with van der Waals surface area (Å²) in [5, 5.41) is 0. The second-order valence-corrected chi connectivity index (χ2v) is 8.34. The zero-order valence-corrected chi connectivity index (χ0v) is 17.1. The molecule has 29 heavy (non-hydrogen) atoms. The van der Waals surface area contributed by atoms with Gasteiger partial charge >= 0.3 is 0 Å². The van der Waals surface area contributed by atoms with Gasteiger partial charge in [0, 0.05) is 50.7 Å². The number of nitrogens with zero attached hydrogens (tertiary/aromatic N) is 5. The maximum Gasteiger partial charge on any atom is 0.272 e. The number of pyridine rings is 1. The van der Waals surface area contributed by atoms with Crippen molar-refractivity contribution < 1.29 is 9.59 Å². The number of aryl methyl sites for hydroxylation is 2. The number of piperidine rings is 2. The third kappa shape index (κ3) is 4.28. The summed E-state index contributed by atoms with van der Waals surface area (Å²) in [5.41, 5.74) is 2.50. The fraction of sp³-hybridized carbons (Fsp3) is 0.500. The lowest BCUT2D eigenvalue weighted by Crippen LogP contribution is -2.52. The molecule has 7 nitrogen and oxygen atoms in total. The minimum Gasteiger partial charge on any atom is -0.338 e. The molecule has 2 aliphatic rings. The van der Waals surface area contributed by atoms with E-state index in [9.17, 15) is 9.59 Å². The summed E-state index contributed by atoms with van der Waals surface area (Å²) in [4.78, 5) is 41.9. The Morgan fingerprint density at radius 3 is 2.52 bits per heavy atom. The number of hydrogen-bond donors (Lipinski definition) is 0. The lowest BCUT2D eigenvalue weighted by molar-refractivity contribution is -0.139. The summed E-state index contributed by atoms with van der Waals surface area (Å²) in [5.74, 6) is 0.825. The van der Waals surface area contributed by atoms with Crippen LogP contribution >= 0.6 is 0 Å². The lowest BCUT2D eigenvalue weighted by atomic mass is 9.72. The van der Waals surface area contributed by atoms with E-state index >= 15 is 0 Å². The fourth-order valence-corrected chi connectivity index (χ4v) is 4.54. The van der Waals surface area contributed by atoms with E-state index < -0.39 is 0 Å². The molecule has 0 unspecified atom stereocenters. The number of carbonyl (C=O) groups excluding carboxylic acids is 2. The van der Waals surface area contributed by atoms with E-state index in [2.05, 4.69) is 15.0 Å². The molecule has 0 radical (unpaired) electrons. The van der Waals surface area contributed by atoms with Crippen molar-refractivity contribution in [2.75, 3.05) is 19.6 Å². The van der Waals surface area contributed by atoms with Crippen LogP contribution in [0.5, 0.6) is 0 Å². The maximum absolute atomic E-state index is 12.9. The minimum atomic E-state index is -0.0195. The van der Waals surface area contributed by atoms with Crippen molar-refractivity contribution >= 4 is 11.8 Å². The van der Waals surface area contributed by atoms with Crippen LogP contribution in [-0.4, -0.2) is 56.2 Å². The highest BCUT2D eigenvalue weighted by atomic mass is 16.2. The fourth-order valence-electron chi connectivity index (χ4n) is 4.54. The van der Waals surface area contributed by atoms with Crippen LogP contribution in [-0.2, 0) is 11.3 Å². The Hall–Kier alpha value is -2.83. The van der Waals surface area contributed by atoms with Gasteiger partial charge in [0.2, 0.25) is 5.91 Å². The molecule has 2 saturated heterocycles. The van der Waals surface area contributed by atoms with E-state index in [1.807, 2.05) is 35.8 Å². The van der Waals surface area contributed by atoms with E-state index in [0.29, 0.717) is 37.6 Å². The van der Waals surface area contributed by atoms with E-state index in [0.717, 1.165) is 37.1 Å². The largest absolute Gasteiger partial charge is 0.338 e. The van der Waals surface area contributed by atoms with Crippen LogP contribution in [0.2, 0.25) is 0 Å². The summed E-state index contributed by atoms with van der Waals surface area (Å²) in [7, 11) is 0. The molecule has 2 aliphatic heterocycles. The molecule has 0 aromatic carbocycles. The first-order chi connectivity index (χ1) is 13.9. The van der Waals surface area contributed by atoms with Gasteiger partial charge in [0.15, 0.2) is 0 Å². The Morgan fingerprint density at radius 1 is 1.10 bits per heavy atom. The van der Waals surface area contributed by atoms with E-state index in [4.69, 9.17) is 0 Å². The molecular weight excluding hydrogens is 366 g/mol. The number of carbonyl (C=O) groups is 2. The molecule has 1 spiro atoms. The van der Waals surface area contributed by atoms with Crippen LogP contribution in [0, 0.1) is 19.3 Å². The van der Waals surface area contributed by atoms with Crippen molar-refractivity contribution in [2.24, 2.45) is 5.41 Å². The van der Waals surface area contributed by atoms with E-state index in [1.165, 1.54) is 0 Å². The van der Waals surface area contributed by atoms with Crippen molar-refractivity contribution in [2.45, 2.75) is 46.1 Å². The van der Waals surface area contributed by atoms with E-state index in [1.54, 1.807) is 18.5 Å². The molecule has 0 aliphatic carbocycles. The normalized spacial score (nSPS) is 18.9. The van der Waals surface area contributed by atoms with Crippen molar-refractivity contribution in [3.63, 3.8) is 0 Å². The zero-order valence-electron chi connectivity index (χ0n) is 17.1. The quantitative estimate of drug-likeness (QED) is 0.801. The first-order valence-electron chi connectivity index (χ1n) is 10.2. The number of hydrogen-bond acceptors (Lipinski definition) is 5. The van der Waals surface area contributed by atoms with Gasteiger partial charge in [-0.05, 0) is 62.3 Å². The first kappa shape index (κ1) is 19.5. The number of likely N-dealkylation sites (tertiary alicyclic amines) is 2. The van der Waals surface area contributed by atoms with Crippen LogP contribution < -0.4 is 0 Å². The monoisotopic (exact) mass is 393 g/mol. The van der Waals surface area contributed by atoms with Gasteiger partial charge in [0.1, 0.15) is 11.5 Å². The average Bonchev–Trinajstić information content (AvgIpc) is 2.71. The summed E-state index contributed by atoms with van der Waals surface area (Å²) in [6, 6.07) is 5.68. The predicted octanol–water partition coefficient (Wildman–Crippen LogP) is 2.53. The molecule has 2 fully saturated rings. The van der Waals surface area contributed by atoms with Gasteiger partial charge in [0.05, 0.1) is 0 Å². The van der Waals surface area contributed by atoms with Gasteiger partial charge in [-0.25, -0.2) is 9.97 Å². The van der Waals surface area contributed by atoms with Gasteiger partial charge in [-0.3, -0.25) is 14.6 Å². The van der Waals surface area contributed by atoms with Crippen molar-refractivity contribution in [1.29, 1.82) is 0 Å². The molecule has 4 rings (SSSR count). The Labute approximate surface area is 171 Å². The Kier molecular flexibility index (Phi) is 5.30. The Morgan fingerprint density at radius 2 is 1.83 bits per heavy atom. The molecule has 2 aromatic heterocycles. The molecule has 4 heterocycles. The van der Waals surface area contributed by atoms with Crippen LogP contribution in [0.1, 0.15) is 53.3 Å². The van der Waals surface area contributed by atoms with Gasteiger partial charge in [0.25, 0.3) is 5.91 Å². The highest BCUT2D eigenvalue weighted by molar-refractivity contribution is 5.92. The highest BCUT2D eigenvalue weighted by Crippen LogP contribution is 2.40. The molecule has 0 atom stereocenters. The molecule has 0 N–H and O–H groups in total. The molecule has 7 heteroatoms. The van der Waals surface area contributed by atoms with Crippen LogP contribution in [0.3, 0.4) is 0 Å². The number of aromatic nitrogens is 3. The average molecular weight is 393 g/mol. The third-order valence-electron chi connectivity index (χ3n) is 6.17. The standard InChI is InChI=1S/C22H27N5O2/c1-16-13-19(25-17(2)24-16)21(29)26-11-7-22(8-12-26)6-3-20(28)27(15-22)14-18-4-9-23-10-5-18/h4-5,9-10,13H,3,6-8,11-12,14-15H2,1-2H3. The van der Waals surface area contributed by atoms with Gasteiger partial charge in [-0.15, -0.1) is 0 Å². The van der Waals surface area contributed by atoms with Gasteiger partial charge in [-0.1, -0.05) is 0 Å². The zero-order chi connectivity index (χ0) is 20.4. The topological polar surface area (TPSA) is 79.3 Å². The number of rotatable bonds is 3. The maximum atomic E-state index is 12.9. The summed E-state index contributed by atoms with van der Waals surface area (Å²) < 4.78 is 0. The third-order valence-corrected chi connectivity index (χ3v) is 6.17. The van der Waals surface area contributed by atoms with Gasteiger partial charge in [-0.2, -0.15) is 0 Å². The van der Waals surface area contributed by atoms with Crippen molar-refractivity contribution in [3.05, 3.63) is 53.4 Å². The second-order valence-electron chi connectivity index (χ2n) is 8.34. The van der Waals surface area contributed by atoms with Crippen molar-refractivity contribution in [1.82, 2.24) is 24.8 Å². The van der Waals surface area contributed by atoms with Crippen LogP contribution in [0.15, 0.2) is 30.6 Å². The second kappa shape index (κ2) is 7.89. The van der Waals surface area contributed by atoms with Crippen LogP contribution in [0.25, 0.3) is 0 Å². The molecule has 2 aromatic rings. The molecular formula is C22H27N5O2. The Balaban J connectivity index is 1.41.